The Morgan fingerprint density at radius 3 is 1.33 bits per heavy atom. The molecule has 0 aromatic rings. The first-order valence-corrected chi connectivity index (χ1v) is 18.0. The summed E-state index contributed by atoms with van der Waals surface area (Å²) in [6, 6.07) is 0.146. The molecule has 0 radical (unpaired) electrons. The highest BCUT2D eigenvalue weighted by Crippen LogP contribution is 2.32. The maximum Gasteiger partial charge on any atom is 0.365 e. The summed E-state index contributed by atoms with van der Waals surface area (Å²) >= 11 is 0. The number of carbonyl (C=O) groups is 1. The number of quaternary nitrogens is 1. The van der Waals surface area contributed by atoms with E-state index in [-0.39, 0.29) is 18.9 Å². The molecule has 234 valence electrons. The molecule has 2 unspecified atom stereocenters. The number of rotatable bonds is 28. The SMILES string of the molecule is CCCCCCCCCCCCCCCCCCCCCCC(C)[N+](C)(C)C(C)(CCCS(=O)(=O)O)C(=O)O. The largest absolute Gasteiger partial charge is 0.477 e. The van der Waals surface area contributed by atoms with E-state index in [1.165, 1.54) is 122 Å². The van der Waals surface area contributed by atoms with Crippen molar-refractivity contribution in [3.8, 4) is 0 Å². The van der Waals surface area contributed by atoms with Crippen LogP contribution in [0.2, 0.25) is 0 Å². The molecule has 6 nitrogen and oxygen atoms in total. The molecule has 0 bridgehead atoms. The third-order valence-electron chi connectivity index (χ3n) is 9.38. The van der Waals surface area contributed by atoms with Crippen molar-refractivity contribution in [2.45, 2.75) is 180 Å². The van der Waals surface area contributed by atoms with Crippen LogP contribution in [0.1, 0.15) is 168 Å². The van der Waals surface area contributed by atoms with Gasteiger partial charge in [-0.2, -0.15) is 8.42 Å². The lowest BCUT2D eigenvalue weighted by Gasteiger charge is -2.48. The molecule has 2 N–H and O–H groups in total. The van der Waals surface area contributed by atoms with Gasteiger partial charge in [-0.1, -0.05) is 129 Å². The molecule has 0 aliphatic carbocycles. The van der Waals surface area contributed by atoms with Gasteiger partial charge in [0.25, 0.3) is 10.1 Å². The van der Waals surface area contributed by atoms with Gasteiger partial charge in [0.15, 0.2) is 5.54 Å². The van der Waals surface area contributed by atoms with Crippen LogP contribution in [0.25, 0.3) is 0 Å². The summed E-state index contributed by atoms with van der Waals surface area (Å²) < 4.78 is 31.5. The van der Waals surface area contributed by atoms with Crippen LogP contribution in [0.4, 0.5) is 0 Å². The van der Waals surface area contributed by atoms with Crippen LogP contribution in [0, 0.1) is 0 Å². The number of carboxylic acids is 1. The highest BCUT2D eigenvalue weighted by Gasteiger charge is 2.50. The molecular formula is C32H66NO5S+. The second-order valence-electron chi connectivity index (χ2n) is 12.9. The molecule has 0 aliphatic heterocycles. The zero-order chi connectivity index (χ0) is 29.6. The number of nitrogens with zero attached hydrogens (tertiary/aromatic N) is 1. The second-order valence-corrected chi connectivity index (χ2v) is 14.4. The standard InChI is InChI=1S/C32H65NO5S/c1-6-7-8-9-10-11-12-13-14-15-16-17-18-19-20-21-22-23-24-25-27-30(2)33(4,5)32(3,31(34)35)28-26-29-39(36,37)38/h30H,6-29H2,1-5H3,(H-,34,35,36,37,38)/p+1. The zero-order valence-corrected chi connectivity index (χ0v) is 27.3. The minimum Gasteiger partial charge on any atom is -0.477 e. The summed E-state index contributed by atoms with van der Waals surface area (Å²) in [5, 5.41) is 9.96. The van der Waals surface area contributed by atoms with Crippen molar-refractivity contribution >= 4 is 16.1 Å². The Hall–Kier alpha value is -0.660. The third-order valence-corrected chi connectivity index (χ3v) is 10.2. The number of likely N-dealkylation sites (N-methyl/N-ethyl adjacent to an activating group) is 1. The molecule has 0 spiro atoms. The predicted octanol–water partition coefficient (Wildman–Crippen LogP) is 9.17. The van der Waals surface area contributed by atoms with Gasteiger partial charge in [-0.25, -0.2) is 4.79 Å². The van der Waals surface area contributed by atoms with Crippen LogP contribution in [0.15, 0.2) is 0 Å². The molecule has 0 rings (SSSR count). The van der Waals surface area contributed by atoms with Crippen molar-refractivity contribution in [3.63, 3.8) is 0 Å². The number of hydrogen-bond acceptors (Lipinski definition) is 3. The molecule has 0 aromatic heterocycles. The number of hydrogen-bond donors (Lipinski definition) is 2. The lowest BCUT2D eigenvalue weighted by molar-refractivity contribution is -0.952. The molecule has 0 heterocycles. The van der Waals surface area contributed by atoms with E-state index in [1.54, 1.807) is 6.92 Å². The van der Waals surface area contributed by atoms with E-state index in [4.69, 9.17) is 4.55 Å². The Kier molecular flexibility index (Phi) is 21.6. The van der Waals surface area contributed by atoms with Crippen LogP contribution in [0.5, 0.6) is 0 Å². The number of carboxylic acid groups (broad SMARTS) is 1. The molecular weight excluding hydrogens is 510 g/mol. The molecule has 0 fully saturated rings. The van der Waals surface area contributed by atoms with Crippen molar-refractivity contribution in [3.05, 3.63) is 0 Å². The first kappa shape index (κ1) is 38.3. The van der Waals surface area contributed by atoms with Gasteiger partial charge < -0.3 is 9.59 Å². The van der Waals surface area contributed by atoms with Crippen molar-refractivity contribution in [1.29, 1.82) is 0 Å². The van der Waals surface area contributed by atoms with E-state index in [2.05, 4.69) is 13.8 Å². The van der Waals surface area contributed by atoms with Gasteiger partial charge in [-0.05, 0) is 26.2 Å². The molecule has 0 aromatic carbocycles. The average molecular weight is 577 g/mol. The second kappa shape index (κ2) is 22.0. The molecule has 39 heavy (non-hydrogen) atoms. The Bertz CT molecular complexity index is 709. The van der Waals surface area contributed by atoms with E-state index >= 15 is 0 Å². The van der Waals surface area contributed by atoms with E-state index in [0.29, 0.717) is 4.48 Å². The van der Waals surface area contributed by atoms with E-state index < -0.39 is 27.4 Å². The van der Waals surface area contributed by atoms with E-state index in [1.807, 2.05) is 14.1 Å². The summed E-state index contributed by atoms with van der Waals surface area (Å²) in [5.74, 6) is -1.32. The van der Waals surface area contributed by atoms with E-state index in [9.17, 15) is 18.3 Å². The van der Waals surface area contributed by atoms with Crippen LogP contribution in [-0.2, 0) is 14.9 Å². The lowest BCUT2D eigenvalue weighted by Crippen LogP contribution is -2.66. The zero-order valence-electron chi connectivity index (χ0n) is 26.5. The normalized spacial score (nSPS) is 14.8. The summed E-state index contributed by atoms with van der Waals surface area (Å²) in [7, 11) is -0.213. The Morgan fingerprint density at radius 1 is 0.692 bits per heavy atom. The fraction of sp³-hybridized carbons (Fsp3) is 0.969. The lowest BCUT2D eigenvalue weighted by atomic mass is 9.89. The molecule has 0 saturated carbocycles. The van der Waals surface area contributed by atoms with Gasteiger partial charge in [0, 0.05) is 13.3 Å². The van der Waals surface area contributed by atoms with Gasteiger partial charge in [0.05, 0.1) is 25.9 Å². The van der Waals surface area contributed by atoms with E-state index in [0.717, 1.165) is 12.8 Å². The number of aliphatic carboxylic acids is 1. The van der Waals surface area contributed by atoms with Crippen LogP contribution >= 0.6 is 0 Å². The van der Waals surface area contributed by atoms with Gasteiger partial charge in [-0.3, -0.25) is 4.55 Å². The fourth-order valence-electron chi connectivity index (χ4n) is 5.74. The molecule has 0 aliphatic rings. The Balaban J connectivity index is 3.81. The van der Waals surface area contributed by atoms with Crippen molar-refractivity contribution in [1.82, 2.24) is 0 Å². The number of unbranched alkanes of at least 4 members (excludes halogenated alkanes) is 19. The quantitative estimate of drug-likeness (QED) is 0.0550. The van der Waals surface area contributed by atoms with Gasteiger partial charge >= 0.3 is 5.97 Å². The summed E-state index contributed by atoms with van der Waals surface area (Å²) in [4.78, 5) is 12.2. The van der Waals surface area contributed by atoms with Crippen LogP contribution < -0.4 is 0 Å². The van der Waals surface area contributed by atoms with Gasteiger partial charge in [0.1, 0.15) is 0 Å². The third kappa shape index (κ3) is 18.4. The predicted molar refractivity (Wildman–Crippen MR) is 166 cm³/mol. The molecule has 2 atom stereocenters. The molecule has 0 amide bonds. The van der Waals surface area contributed by atoms with Crippen molar-refractivity contribution < 1.29 is 27.4 Å². The molecule has 0 saturated heterocycles. The maximum atomic E-state index is 12.2. The average Bonchev–Trinajstić information content (AvgIpc) is 2.86. The Morgan fingerprint density at radius 2 is 1.03 bits per heavy atom. The highest BCUT2D eigenvalue weighted by atomic mass is 32.2. The van der Waals surface area contributed by atoms with Gasteiger partial charge in [0.2, 0.25) is 0 Å². The topological polar surface area (TPSA) is 91.7 Å². The monoisotopic (exact) mass is 576 g/mol. The van der Waals surface area contributed by atoms with Crippen LogP contribution in [0.3, 0.4) is 0 Å². The first-order chi connectivity index (χ1) is 18.4. The highest BCUT2D eigenvalue weighted by molar-refractivity contribution is 7.85. The molecule has 7 heteroatoms. The first-order valence-electron chi connectivity index (χ1n) is 16.4. The summed E-state index contributed by atoms with van der Waals surface area (Å²) in [6.07, 6.45) is 28.5. The fourth-order valence-corrected chi connectivity index (χ4v) is 6.25. The van der Waals surface area contributed by atoms with Crippen molar-refractivity contribution in [2.75, 3.05) is 19.8 Å². The van der Waals surface area contributed by atoms with Crippen LogP contribution in [-0.4, -0.2) is 60.0 Å². The minimum absolute atomic E-state index is 0.134. The van der Waals surface area contributed by atoms with Gasteiger partial charge in [-0.15, -0.1) is 0 Å². The smallest absolute Gasteiger partial charge is 0.365 e. The maximum absolute atomic E-state index is 12.2. The van der Waals surface area contributed by atoms with Crippen molar-refractivity contribution in [2.24, 2.45) is 0 Å². The minimum atomic E-state index is -4.08. The Labute approximate surface area is 243 Å². The summed E-state index contributed by atoms with van der Waals surface area (Å²) in [6.45, 7) is 6.08. The summed E-state index contributed by atoms with van der Waals surface area (Å²) in [5.41, 5.74) is -1.10.